The van der Waals surface area contributed by atoms with Crippen molar-refractivity contribution < 1.29 is 13.6 Å². The highest BCUT2D eigenvalue weighted by Crippen LogP contribution is 2.33. The fraction of sp³-hybridized carbons (Fsp3) is 0.346. The maximum absolute atomic E-state index is 13.4. The Balaban J connectivity index is 1.65. The smallest absolute Gasteiger partial charge is 0.257 e. The number of carbonyl (C=O) groups excluding carboxylic acids is 1. The fourth-order valence-corrected chi connectivity index (χ4v) is 4.35. The number of benzene rings is 1. The number of piperazine rings is 1. The van der Waals surface area contributed by atoms with Crippen LogP contribution in [0.3, 0.4) is 0 Å². The molecule has 1 fully saturated rings. The number of nitriles is 1. The van der Waals surface area contributed by atoms with Gasteiger partial charge in [-0.05, 0) is 49.6 Å². The van der Waals surface area contributed by atoms with Crippen molar-refractivity contribution in [2.75, 3.05) is 24.5 Å². The summed E-state index contributed by atoms with van der Waals surface area (Å²) in [5.41, 5.74) is 3.57. The maximum atomic E-state index is 13.4. The van der Waals surface area contributed by atoms with Crippen LogP contribution in [0.5, 0.6) is 0 Å². The largest absolute Gasteiger partial charge is 0.469 e. The third kappa shape index (κ3) is 4.34. The highest BCUT2D eigenvalue weighted by Gasteiger charge is 2.31. The van der Waals surface area contributed by atoms with Crippen molar-refractivity contribution in [2.45, 2.75) is 39.7 Å². The van der Waals surface area contributed by atoms with Gasteiger partial charge in [-0.3, -0.25) is 4.79 Å². The molecule has 170 valence electrons. The number of furan rings is 1. The zero-order chi connectivity index (χ0) is 23.7. The minimum Gasteiger partial charge on any atom is -0.469 e. The summed E-state index contributed by atoms with van der Waals surface area (Å²) < 4.78 is 18.7. The van der Waals surface area contributed by atoms with Gasteiger partial charge in [0.25, 0.3) is 5.91 Å². The number of aromatic nitrogens is 1. The number of aryl methyl sites for hydroxylation is 1. The molecule has 1 saturated heterocycles. The van der Waals surface area contributed by atoms with E-state index in [1.165, 1.54) is 18.4 Å². The van der Waals surface area contributed by atoms with Gasteiger partial charge in [-0.2, -0.15) is 5.26 Å². The Morgan fingerprint density at radius 1 is 1.24 bits per heavy atom. The second-order valence-corrected chi connectivity index (χ2v) is 8.75. The van der Waals surface area contributed by atoms with Crippen LogP contribution in [0, 0.1) is 24.1 Å². The molecular formula is C26H27FN4O2. The van der Waals surface area contributed by atoms with Crippen LogP contribution in [0.2, 0.25) is 0 Å². The normalized spacial score (nSPS) is 16.2. The lowest BCUT2D eigenvalue weighted by Crippen LogP contribution is -2.54. The molecule has 6 nitrogen and oxygen atoms in total. The minimum atomic E-state index is -0.304. The summed E-state index contributed by atoms with van der Waals surface area (Å²) >= 11 is 0. The number of nitrogens with zero attached hydrogens (tertiary/aromatic N) is 4. The molecule has 0 aliphatic carbocycles. The topological polar surface area (TPSA) is 73.4 Å². The number of pyridine rings is 1. The lowest BCUT2D eigenvalue weighted by Gasteiger charge is -2.40. The number of hydrogen-bond donors (Lipinski definition) is 0. The van der Waals surface area contributed by atoms with Crippen LogP contribution >= 0.6 is 0 Å². The first-order chi connectivity index (χ1) is 15.8. The summed E-state index contributed by atoms with van der Waals surface area (Å²) in [7, 11) is 0. The number of anilines is 1. The van der Waals surface area contributed by atoms with Crippen molar-refractivity contribution in [2.24, 2.45) is 0 Å². The Bertz CT molecular complexity index is 1210. The van der Waals surface area contributed by atoms with Crippen LogP contribution in [0.25, 0.3) is 11.1 Å². The molecule has 0 saturated carbocycles. The van der Waals surface area contributed by atoms with Gasteiger partial charge in [0.05, 0.1) is 23.1 Å². The van der Waals surface area contributed by atoms with E-state index in [4.69, 9.17) is 9.40 Å². The summed E-state index contributed by atoms with van der Waals surface area (Å²) in [6.07, 6.45) is 1.53. The molecule has 0 N–H and O–H groups in total. The predicted molar refractivity (Wildman–Crippen MR) is 125 cm³/mol. The second kappa shape index (κ2) is 9.07. The number of carbonyl (C=O) groups is 1. The first-order valence-corrected chi connectivity index (χ1v) is 11.1. The summed E-state index contributed by atoms with van der Waals surface area (Å²) in [6.45, 7) is 9.55. The SMILES string of the molecule is Cc1occc1C(=O)N1CCN(c2nc(C(C)C)c(-c3ccc(F)cc3)cc2C#N)CC1C. The van der Waals surface area contributed by atoms with Gasteiger partial charge in [-0.15, -0.1) is 0 Å². The monoisotopic (exact) mass is 446 g/mol. The minimum absolute atomic E-state index is 0.0450. The number of amides is 1. The molecule has 0 radical (unpaired) electrons. The van der Waals surface area contributed by atoms with Gasteiger partial charge in [0.1, 0.15) is 23.5 Å². The van der Waals surface area contributed by atoms with Crippen molar-refractivity contribution in [3.8, 4) is 17.2 Å². The first-order valence-electron chi connectivity index (χ1n) is 11.1. The molecule has 1 unspecified atom stereocenters. The molecule has 1 aliphatic heterocycles. The highest BCUT2D eigenvalue weighted by molar-refractivity contribution is 5.95. The van der Waals surface area contributed by atoms with E-state index < -0.39 is 0 Å². The Morgan fingerprint density at radius 2 is 1.97 bits per heavy atom. The van der Waals surface area contributed by atoms with Gasteiger partial charge in [0.15, 0.2) is 0 Å². The fourth-order valence-electron chi connectivity index (χ4n) is 4.35. The van der Waals surface area contributed by atoms with Gasteiger partial charge < -0.3 is 14.2 Å². The molecule has 33 heavy (non-hydrogen) atoms. The first kappa shape index (κ1) is 22.5. The van der Waals surface area contributed by atoms with Crippen LogP contribution in [-0.4, -0.2) is 41.5 Å². The quantitative estimate of drug-likeness (QED) is 0.555. The standard InChI is InChI=1S/C26H27FN4O2/c1-16(2)24-23(19-5-7-21(27)8-6-19)13-20(14-28)25(29-24)30-10-11-31(17(3)15-30)26(32)22-9-12-33-18(22)4/h5-9,12-13,16-17H,10-11,15H2,1-4H3. The number of hydrogen-bond acceptors (Lipinski definition) is 5. The van der Waals surface area contributed by atoms with Crippen molar-refractivity contribution >= 4 is 11.7 Å². The predicted octanol–water partition coefficient (Wildman–Crippen LogP) is 5.14. The molecule has 4 rings (SSSR count). The molecule has 2 aromatic heterocycles. The van der Waals surface area contributed by atoms with E-state index >= 15 is 0 Å². The Hall–Kier alpha value is -3.66. The summed E-state index contributed by atoms with van der Waals surface area (Å²) in [6, 6.07) is 12.0. The average molecular weight is 447 g/mol. The molecular weight excluding hydrogens is 419 g/mol. The molecule has 1 atom stereocenters. The molecule has 7 heteroatoms. The van der Waals surface area contributed by atoms with E-state index in [-0.39, 0.29) is 23.7 Å². The van der Waals surface area contributed by atoms with E-state index in [1.54, 1.807) is 25.1 Å². The summed E-state index contributed by atoms with van der Waals surface area (Å²) in [5.74, 6) is 1.01. The second-order valence-electron chi connectivity index (χ2n) is 8.75. The highest BCUT2D eigenvalue weighted by atomic mass is 19.1. The maximum Gasteiger partial charge on any atom is 0.257 e. The third-order valence-corrected chi connectivity index (χ3v) is 6.13. The van der Waals surface area contributed by atoms with Crippen molar-refractivity contribution in [3.05, 3.63) is 71.1 Å². The van der Waals surface area contributed by atoms with Crippen LogP contribution in [-0.2, 0) is 0 Å². The average Bonchev–Trinajstić information content (AvgIpc) is 3.24. The molecule has 1 amide bonds. The van der Waals surface area contributed by atoms with Gasteiger partial charge in [0, 0.05) is 31.2 Å². The number of rotatable bonds is 4. The van der Waals surface area contributed by atoms with Gasteiger partial charge in [0.2, 0.25) is 0 Å². The lowest BCUT2D eigenvalue weighted by molar-refractivity contribution is 0.0672. The van der Waals surface area contributed by atoms with Gasteiger partial charge in [-0.1, -0.05) is 26.0 Å². The van der Waals surface area contributed by atoms with E-state index in [0.717, 1.165) is 16.8 Å². The van der Waals surface area contributed by atoms with Crippen molar-refractivity contribution in [1.29, 1.82) is 5.26 Å². The number of halogens is 1. The summed E-state index contributed by atoms with van der Waals surface area (Å²) in [4.78, 5) is 21.8. The third-order valence-electron chi connectivity index (χ3n) is 6.13. The van der Waals surface area contributed by atoms with E-state index in [9.17, 15) is 14.4 Å². The molecule has 1 aromatic carbocycles. The lowest BCUT2D eigenvalue weighted by atomic mass is 9.95. The van der Waals surface area contributed by atoms with Crippen LogP contribution in [0.4, 0.5) is 10.2 Å². The Kier molecular flexibility index (Phi) is 6.19. The zero-order valence-electron chi connectivity index (χ0n) is 19.3. The van der Waals surface area contributed by atoms with E-state index in [1.807, 2.05) is 17.9 Å². The summed E-state index contributed by atoms with van der Waals surface area (Å²) in [5, 5.41) is 9.90. The van der Waals surface area contributed by atoms with Gasteiger partial charge >= 0.3 is 0 Å². The van der Waals surface area contributed by atoms with Crippen LogP contribution in [0.1, 0.15) is 54.1 Å². The molecule has 3 aromatic rings. The van der Waals surface area contributed by atoms with Crippen molar-refractivity contribution in [3.63, 3.8) is 0 Å². The van der Waals surface area contributed by atoms with Crippen LogP contribution < -0.4 is 4.90 Å². The molecule has 0 bridgehead atoms. The van der Waals surface area contributed by atoms with E-state index in [2.05, 4.69) is 24.8 Å². The molecule has 1 aliphatic rings. The zero-order valence-corrected chi connectivity index (χ0v) is 19.3. The van der Waals surface area contributed by atoms with Crippen LogP contribution in [0.15, 0.2) is 47.1 Å². The van der Waals surface area contributed by atoms with Gasteiger partial charge in [-0.25, -0.2) is 9.37 Å². The molecule has 0 spiro atoms. The molecule has 3 heterocycles. The van der Waals surface area contributed by atoms with E-state index in [0.29, 0.717) is 42.3 Å². The Morgan fingerprint density at radius 3 is 2.55 bits per heavy atom. The Labute approximate surface area is 193 Å². The van der Waals surface area contributed by atoms with Crippen molar-refractivity contribution in [1.82, 2.24) is 9.88 Å².